The Hall–Kier alpha value is -3.36. The molecule has 1 aliphatic heterocycles. The standard InChI is InChI=1S/C23H24F3N4O2/c1-14(29-21(31)17-7-5-16(6-8-17)20(27)28)22(32)30-11-9-15(10-12-30)18-3-2-4-19(13-18)23(24,25)26/h2-8,13-14H,9-12H2,1H3,(H3,27,28)(H,29,31)/t14-/m0/s1. The molecule has 3 rings (SSSR count). The van der Waals surface area contributed by atoms with Gasteiger partial charge in [0.2, 0.25) is 5.91 Å². The second kappa shape index (κ2) is 9.42. The second-order valence-electron chi connectivity index (χ2n) is 7.69. The van der Waals surface area contributed by atoms with Crippen molar-refractivity contribution in [1.29, 1.82) is 5.41 Å². The third-order valence-corrected chi connectivity index (χ3v) is 5.45. The number of hydrogen-bond acceptors (Lipinski definition) is 3. The van der Waals surface area contributed by atoms with E-state index in [1.807, 2.05) is 0 Å². The average Bonchev–Trinajstić information content (AvgIpc) is 2.78. The van der Waals surface area contributed by atoms with Crippen molar-refractivity contribution in [2.75, 3.05) is 13.1 Å². The minimum absolute atomic E-state index is 0.105. The lowest BCUT2D eigenvalue weighted by atomic mass is 9.88. The highest BCUT2D eigenvalue weighted by Gasteiger charge is 2.32. The molecular formula is C23H24F3N4O2. The van der Waals surface area contributed by atoms with E-state index in [0.717, 1.165) is 18.1 Å². The normalized spacial score (nSPS) is 15.8. The van der Waals surface area contributed by atoms with E-state index < -0.39 is 23.7 Å². The number of piperidine rings is 1. The molecule has 1 saturated heterocycles. The van der Waals surface area contributed by atoms with Gasteiger partial charge in [0.25, 0.3) is 5.91 Å². The van der Waals surface area contributed by atoms with Crippen LogP contribution in [-0.4, -0.2) is 41.7 Å². The molecule has 2 aromatic rings. The predicted octanol–water partition coefficient (Wildman–Crippen LogP) is 3.35. The molecule has 169 valence electrons. The van der Waals surface area contributed by atoms with Crippen molar-refractivity contribution in [3.05, 3.63) is 76.7 Å². The summed E-state index contributed by atoms with van der Waals surface area (Å²) in [5, 5.41) is 10.0. The molecule has 9 heteroatoms. The number of carbonyl (C=O) groups excluding carboxylic acids is 2. The Morgan fingerprint density at radius 3 is 2.22 bits per heavy atom. The highest BCUT2D eigenvalue weighted by atomic mass is 19.4. The zero-order valence-corrected chi connectivity index (χ0v) is 17.5. The van der Waals surface area contributed by atoms with Gasteiger partial charge in [-0.25, -0.2) is 0 Å². The van der Waals surface area contributed by atoms with Crippen molar-refractivity contribution in [3.8, 4) is 0 Å². The summed E-state index contributed by atoms with van der Waals surface area (Å²) in [6, 6.07) is 10.6. The predicted molar refractivity (Wildman–Crippen MR) is 114 cm³/mol. The summed E-state index contributed by atoms with van der Waals surface area (Å²) in [6.45, 7) is 2.34. The maximum absolute atomic E-state index is 13.0. The summed E-state index contributed by atoms with van der Waals surface area (Å²) < 4.78 is 38.9. The van der Waals surface area contributed by atoms with Gasteiger partial charge in [0.05, 0.1) is 5.56 Å². The maximum Gasteiger partial charge on any atom is 0.416 e. The number of nitrogens with two attached hydrogens (primary N) is 1. The average molecular weight is 445 g/mol. The molecule has 1 aliphatic rings. The molecule has 0 aliphatic carbocycles. The van der Waals surface area contributed by atoms with Crippen LogP contribution >= 0.6 is 0 Å². The van der Waals surface area contributed by atoms with Crippen molar-refractivity contribution < 1.29 is 22.8 Å². The minimum Gasteiger partial charge on any atom is -0.384 e. The second-order valence-corrected chi connectivity index (χ2v) is 7.69. The molecule has 1 atom stereocenters. The Bertz CT molecular complexity index is 997. The largest absolute Gasteiger partial charge is 0.416 e. The number of alkyl halides is 3. The fraction of sp³-hybridized carbons (Fsp3) is 0.304. The van der Waals surface area contributed by atoms with Gasteiger partial charge in [-0.05, 0) is 43.5 Å². The number of nitrogens with zero attached hydrogens (tertiary/aromatic N) is 1. The highest BCUT2D eigenvalue weighted by molar-refractivity contribution is 5.99. The first-order valence-corrected chi connectivity index (χ1v) is 10.1. The first-order valence-electron chi connectivity index (χ1n) is 10.1. The van der Waals surface area contributed by atoms with Crippen LogP contribution in [0.1, 0.15) is 46.8 Å². The van der Waals surface area contributed by atoms with E-state index in [4.69, 9.17) is 11.1 Å². The van der Waals surface area contributed by atoms with Gasteiger partial charge in [-0.1, -0.05) is 30.3 Å². The molecule has 2 amide bonds. The lowest BCUT2D eigenvalue weighted by molar-refractivity contribution is -0.137. The van der Waals surface area contributed by atoms with Crippen molar-refractivity contribution in [2.24, 2.45) is 5.73 Å². The van der Waals surface area contributed by atoms with Crippen molar-refractivity contribution in [3.63, 3.8) is 0 Å². The fourth-order valence-corrected chi connectivity index (χ4v) is 3.62. The SMILES string of the molecule is C[C@H](NC(=O)c1ccc(C(=N)N)cc1)C(=O)N1CC[C](c2cccc(C(F)(F)F)c2)CC1. The lowest BCUT2D eigenvalue weighted by Crippen LogP contribution is -2.49. The molecule has 0 bridgehead atoms. The van der Waals surface area contributed by atoms with E-state index in [1.165, 1.54) is 18.2 Å². The summed E-state index contributed by atoms with van der Waals surface area (Å²) in [6.07, 6.45) is -3.45. The molecule has 2 aromatic carbocycles. The fourth-order valence-electron chi connectivity index (χ4n) is 3.62. The topological polar surface area (TPSA) is 99.3 Å². The van der Waals surface area contributed by atoms with Crippen molar-refractivity contribution >= 4 is 17.6 Å². The van der Waals surface area contributed by atoms with Crippen LogP contribution in [0.5, 0.6) is 0 Å². The number of amidine groups is 1. The van der Waals surface area contributed by atoms with Crippen LogP contribution in [0.2, 0.25) is 0 Å². The van der Waals surface area contributed by atoms with E-state index in [2.05, 4.69) is 5.32 Å². The number of nitrogens with one attached hydrogen (secondary N) is 2. The first-order chi connectivity index (χ1) is 15.1. The van der Waals surface area contributed by atoms with Crippen molar-refractivity contribution in [1.82, 2.24) is 10.2 Å². The minimum atomic E-state index is -4.40. The van der Waals surface area contributed by atoms with Gasteiger partial charge in [0.15, 0.2) is 0 Å². The molecule has 32 heavy (non-hydrogen) atoms. The Morgan fingerprint density at radius 1 is 1.06 bits per heavy atom. The number of carbonyl (C=O) groups is 2. The van der Waals surface area contributed by atoms with E-state index in [1.54, 1.807) is 30.0 Å². The summed E-state index contributed by atoms with van der Waals surface area (Å²) >= 11 is 0. The molecule has 1 fully saturated rings. The number of hydrogen-bond donors (Lipinski definition) is 3. The van der Waals surface area contributed by atoms with Crippen LogP contribution in [0.4, 0.5) is 13.2 Å². The van der Waals surface area contributed by atoms with E-state index in [9.17, 15) is 22.8 Å². The Labute approximate surface area is 184 Å². The molecule has 4 N–H and O–H groups in total. The van der Waals surface area contributed by atoms with Gasteiger partial charge in [-0.2, -0.15) is 13.2 Å². The third kappa shape index (κ3) is 5.46. The van der Waals surface area contributed by atoms with Gasteiger partial charge in [0, 0.05) is 30.1 Å². The Morgan fingerprint density at radius 2 is 1.66 bits per heavy atom. The zero-order valence-electron chi connectivity index (χ0n) is 17.5. The summed E-state index contributed by atoms with van der Waals surface area (Å²) in [4.78, 5) is 26.8. The highest BCUT2D eigenvalue weighted by Crippen LogP contribution is 2.33. The van der Waals surface area contributed by atoms with Gasteiger partial charge < -0.3 is 16.0 Å². The van der Waals surface area contributed by atoms with Crippen LogP contribution in [0, 0.1) is 11.3 Å². The smallest absolute Gasteiger partial charge is 0.384 e. The van der Waals surface area contributed by atoms with Gasteiger partial charge in [-0.15, -0.1) is 0 Å². The maximum atomic E-state index is 13.0. The Kier molecular flexibility index (Phi) is 6.86. The van der Waals surface area contributed by atoms with Crippen LogP contribution in [0.25, 0.3) is 0 Å². The monoisotopic (exact) mass is 445 g/mol. The number of likely N-dealkylation sites (tertiary alicyclic amines) is 1. The molecule has 0 aromatic heterocycles. The Balaban J connectivity index is 1.55. The summed E-state index contributed by atoms with van der Waals surface area (Å²) in [5.74, 6) is 0.102. The molecule has 1 heterocycles. The molecule has 0 spiro atoms. The van der Waals surface area contributed by atoms with Gasteiger partial charge in [0.1, 0.15) is 11.9 Å². The third-order valence-electron chi connectivity index (χ3n) is 5.45. The van der Waals surface area contributed by atoms with E-state index in [0.29, 0.717) is 42.6 Å². The number of rotatable bonds is 5. The molecule has 0 unspecified atom stereocenters. The van der Waals surface area contributed by atoms with Crippen LogP contribution in [0.3, 0.4) is 0 Å². The van der Waals surface area contributed by atoms with E-state index in [-0.39, 0.29) is 11.7 Å². The number of nitrogen functional groups attached to an aromatic ring is 1. The van der Waals surface area contributed by atoms with Gasteiger partial charge >= 0.3 is 6.18 Å². The van der Waals surface area contributed by atoms with E-state index >= 15 is 0 Å². The summed E-state index contributed by atoms with van der Waals surface area (Å²) in [5.41, 5.74) is 6.09. The number of halogens is 3. The van der Waals surface area contributed by atoms with Crippen LogP contribution < -0.4 is 11.1 Å². The quantitative estimate of drug-likeness (QED) is 0.486. The first kappa shape index (κ1) is 23.3. The molecule has 0 saturated carbocycles. The van der Waals surface area contributed by atoms with Crippen LogP contribution in [0.15, 0.2) is 48.5 Å². The molecular weight excluding hydrogens is 421 g/mol. The van der Waals surface area contributed by atoms with Crippen LogP contribution in [-0.2, 0) is 11.0 Å². The number of benzene rings is 2. The molecule has 1 radical (unpaired) electrons. The van der Waals surface area contributed by atoms with Crippen molar-refractivity contribution in [2.45, 2.75) is 32.0 Å². The zero-order chi connectivity index (χ0) is 23.5. The molecule has 6 nitrogen and oxygen atoms in total. The lowest BCUT2D eigenvalue weighted by Gasteiger charge is -2.33. The number of amides is 2. The van der Waals surface area contributed by atoms with Gasteiger partial charge in [-0.3, -0.25) is 15.0 Å². The summed E-state index contributed by atoms with van der Waals surface area (Å²) in [7, 11) is 0.